The molecule has 2 rings (SSSR count). The van der Waals surface area contributed by atoms with Crippen LogP contribution in [0.15, 0.2) is 48.6 Å². The Kier molecular flexibility index (Phi) is 4.38. The molecule has 0 saturated carbocycles. The van der Waals surface area contributed by atoms with Crippen LogP contribution < -0.4 is 0 Å². The summed E-state index contributed by atoms with van der Waals surface area (Å²) in [6.07, 6.45) is 7.17. The molecule has 1 fully saturated rings. The summed E-state index contributed by atoms with van der Waals surface area (Å²) in [5.74, 6) is 0.459. The Morgan fingerprint density at radius 1 is 1.28 bits per heavy atom. The molecule has 18 heavy (non-hydrogen) atoms. The molecule has 1 heteroatoms. The highest BCUT2D eigenvalue weighted by Gasteiger charge is 2.27. The zero-order valence-electron chi connectivity index (χ0n) is 11.3. The Balaban J connectivity index is 2.09. The fourth-order valence-electron chi connectivity index (χ4n) is 2.49. The average molecular weight is 242 g/mol. The summed E-state index contributed by atoms with van der Waals surface area (Å²) >= 11 is 0. The van der Waals surface area contributed by atoms with Crippen LogP contribution in [0.5, 0.6) is 0 Å². The quantitative estimate of drug-likeness (QED) is 0.711. The fourth-order valence-corrected chi connectivity index (χ4v) is 2.49. The van der Waals surface area contributed by atoms with Crippen LogP contribution in [-0.4, -0.2) is 12.2 Å². The van der Waals surface area contributed by atoms with E-state index in [0.29, 0.717) is 12.0 Å². The monoisotopic (exact) mass is 242 g/mol. The minimum Gasteiger partial charge on any atom is -0.371 e. The summed E-state index contributed by atoms with van der Waals surface area (Å²) in [7, 11) is 0. The first-order chi connectivity index (χ1) is 8.66. The van der Waals surface area contributed by atoms with E-state index in [-0.39, 0.29) is 6.10 Å². The van der Waals surface area contributed by atoms with E-state index >= 15 is 0 Å². The molecule has 3 atom stereocenters. The van der Waals surface area contributed by atoms with E-state index in [1.165, 1.54) is 17.6 Å². The van der Waals surface area contributed by atoms with Gasteiger partial charge in [-0.2, -0.15) is 0 Å². The number of hydrogen-bond acceptors (Lipinski definition) is 1. The highest BCUT2D eigenvalue weighted by molar-refractivity contribution is 5.49. The number of rotatable bonds is 3. The summed E-state index contributed by atoms with van der Waals surface area (Å²) in [5.41, 5.74) is 2.45. The largest absolute Gasteiger partial charge is 0.371 e. The highest BCUT2D eigenvalue weighted by Crippen LogP contribution is 2.30. The molecular formula is C17H22O. The van der Waals surface area contributed by atoms with Gasteiger partial charge in [0.1, 0.15) is 0 Å². The normalized spacial score (nSPS) is 28.4. The third-order valence-corrected chi connectivity index (χ3v) is 3.58. The molecule has 0 N–H and O–H groups in total. The molecule has 0 bridgehead atoms. The third-order valence-electron chi connectivity index (χ3n) is 3.58. The molecule has 0 amide bonds. The Bertz CT molecular complexity index is 418. The summed E-state index contributed by atoms with van der Waals surface area (Å²) in [5, 5.41) is 0. The molecule has 0 unspecified atom stereocenters. The Morgan fingerprint density at radius 2 is 2.00 bits per heavy atom. The van der Waals surface area contributed by atoms with Gasteiger partial charge in [-0.25, -0.2) is 0 Å². The van der Waals surface area contributed by atoms with Gasteiger partial charge in [0.15, 0.2) is 0 Å². The second kappa shape index (κ2) is 6.01. The standard InChI is InChI=1S/C17H22O/c1-13(2)16-11-9-14(3)18-17(16)12-10-15-7-5-4-6-8-15/h4-8,10,12,14,16-17H,1,9,11H2,2-3H3/b12-10+/t14-,16+,17+/m0/s1. The number of benzene rings is 1. The maximum Gasteiger partial charge on any atom is 0.0827 e. The van der Waals surface area contributed by atoms with E-state index < -0.39 is 0 Å². The van der Waals surface area contributed by atoms with Gasteiger partial charge in [-0.15, -0.1) is 0 Å². The number of ether oxygens (including phenoxy) is 1. The second-order valence-corrected chi connectivity index (χ2v) is 5.21. The van der Waals surface area contributed by atoms with Crippen molar-refractivity contribution in [1.82, 2.24) is 0 Å². The van der Waals surface area contributed by atoms with Crippen LogP contribution in [0.3, 0.4) is 0 Å². The first-order valence-electron chi connectivity index (χ1n) is 6.71. The van der Waals surface area contributed by atoms with Gasteiger partial charge in [-0.05, 0) is 32.3 Å². The van der Waals surface area contributed by atoms with Crippen LogP contribution in [0, 0.1) is 5.92 Å². The smallest absolute Gasteiger partial charge is 0.0827 e. The molecule has 0 radical (unpaired) electrons. The third kappa shape index (κ3) is 3.33. The minimum absolute atomic E-state index is 0.173. The SMILES string of the molecule is C=C(C)[C@H]1CC[C@H](C)O[C@@H]1/C=C/c1ccccc1. The Hall–Kier alpha value is -1.34. The van der Waals surface area contributed by atoms with Gasteiger partial charge >= 0.3 is 0 Å². The molecule has 0 aliphatic carbocycles. The van der Waals surface area contributed by atoms with Crippen molar-refractivity contribution in [1.29, 1.82) is 0 Å². The van der Waals surface area contributed by atoms with Crippen LogP contribution in [0.4, 0.5) is 0 Å². The van der Waals surface area contributed by atoms with E-state index in [4.69, 9.17) is 4.74 Å². The predicted molar refractivity (Wildman–Crippen MR) is 77.3 cm³/mol. The van der Waals surface area contributed by atoms with Gasteiger partial charge in [0.25, 0.3) is 0 Å². The average Bonchev–Trinajstić information content (AvgIpc) is 2.37. The fraction of sp³-hybridized carbons (Fsp3) is 0.412. The van der Waals surface area contributed by atoms with Gasteiger partial charge in [0.2, 0.25) is 0 Å². The van der Waals surface area contributed by atoms with Gasteiger partial charge in [0, 0.05) is 5.92 Å². The molecule has 1 aromatic rings. The molecule has 0 aromatic heterocycles. The predicted octanol–water partition coefficient (Wildman–Crippen LogP) is 4.46. The molecule has 1 heterocycles. The topological polar surface area (TPSA) is 9.23 Å². The lowest BCUT2D eigenvalue weighted by atomic mass is 9.86. The molecule has 1 aliphatic heterocycles. The summed E-state index contributed by atoms with van der Waals surface area (Å²) in [6, 6.07) is 10.4. The Morgan fingerprint density at radius 3 is 2.67 bits per heavy atom. The molecule has 1 aromatic carbocycles. The van der Waals surface area contributed by atoms with Gasteiger partial charge < -0.3 is 4.74 Å². The van der Waals surface area contributed by atoms with Gasteiger partial charge in [-0.3, -0.25) is 0 Å². The van der Waals surface area contributed by atoms with Crippen LogP contribution in [0.25, 0.3) is 6.08 Å². The van der Waals surface area contributed by atoms with Crippen molar-refractivity contribution in [3.63, 3.8) is 0 Å². The van der Waals surface area contributed by atoms with Crippen molar-refractivity contribution in [2.75, 3.05) is 0 Å². The van der Waals surface area contributed by atoms with Crippen molar-refractivity contribution in [3.05, 3.63) is 54.1 Å². The number of hydrogen-bond donors (Lipinski definition) is 0. The maximum absolute atomic E-state index is 6.03. The molecule has 96 valence electrons. The maximum atomic E-state index is 6.03. The first kappa shape index (κ1) is 13.1. The molecule has 1 aliphatic rings. The summed E-state index contributed by atoms with van der Waals surface area (Å²) in [4.78, 5) is 0. The van der Waals surface area contributed by atoms with Gasteiger partial charge in [-0.1, -0.05) is 54.6 Å². The van der Waals surface area contributed by atoms with Crippen molar-refractivity contribution in [2.24, 2.45) is 5.92 Å². The molecule has 1 saturated heterocycles. The lowest BCUT2D eigenvalue weighted by Gasteiger charge is -2.34. The van der Waals surface area contributed by atoms with Crippen LogP contribution in [0.2, 0.25) is 0 Å². The van der Waals surface area contributed by atoms with Crippen molar-refractivity contribution in [3.8, 4) is 0 Å². The van der Waals surface area contributed by atoms with E-state index in [1.54, 1.807) is 0 Å². The molecule has 1 nitrogen and oxygen atoms in total. The summed E-state index contributed by atoms with van der Waals surface area (Å²) in [6.45, 7) is 8.35. The van der Waals surface area contributed by atoms with Crippen LogP contribution in [-0.2, 0) is 4.74 Å². The van der Waals surface area contributed by atoms with E-state index in [9.17, 15) is 0 Å². The van der Waals surface area contributed by atoms with Crippen LogP contribution in [0.1, 0.15) is 32.3 Å². The minimum atomic E-state index is 0.173. The Labute approximate surface area is 110 Å². The molecule has 0 spiro atoms. The van der Waals surface area contributed by atoms with Gasteiger partial charge in [0.05, 0.1) is 12.2 Å². The first-order valence-corrected chi connectivity index (χ1v) is 6.71. The zero-order valence-corrected chi connectivity index (χ0v) is 11.3. The van der Waals surface area contributed by atoms with Crippen molar-refractivity contribution >= 4 is 6.08 Å². The lowest BCUT2D eigenvalue weighted by molar-refractivity contribution is -0.0386. The summed E-state index contributed by atoms with van der Waals surface area (Å²) < 4.78 is 6.03. The van der Waals surface area contributed by atoms with Crippen molar-refractivity contribution < 1.29 is 4.74 Å². The zero-order chi connectivity index (χ0) is 13.0. The van der Waals surface area contributed by atoms with Crippen LogP contribution >= 0.6 is 0 Å². The van der Waals surface area contributed by atoms with E-state index in [0.717, 1.165) is 6.42 Å². The van der Waals surface area contributed by atoms with Crippen molar-refractivity contribution in [2.45, 2.75) is 38.9 Å². The second-order valence-electron chi connectivity index (χ2n) is 5.21. The van der Waals surface area contributed by atoms with E-state index in [2.05, 4.69) is 56.8 Å². The highest BCUT2D eigenvalue weighted by atomic mass is 16.5. The van der Waals surface area contributed by atoms with E-state index in [1.807, 2.05) is 6.07 Å². The lowest BCUT2D eigenvalue weighted by Crippen LogP contribution is -2.32. The molecular weight excluding hydrogens is 220 g/mol.